The van der Waals surface area contributed by atoms with Crippen LogP contribution in [0.3, 0.4) is 0 Å². The highest BCUT2D eigenvalue weighted by Gasteiger charge is 2.47. The van der Waals surface area contributed by atoms with E-state index in [0.29, 0.717) is 6.42 Å². The molecule has 0 heterocycles. The standard InChI is InChI=1S/C10H18FNO2/c1-9(2,3)14-8(13)10(11)5-4-7(12)6-10/h7H,4-6,12H2,1-3H3. The van der Waals surface area contributed by atoms with Crippen LogP contribution in [0.25, 0.3) is 0 Å². The lowest BCUT2D eigenvalue weighted by atomic mass is 10.0. The molecule has 1 aliphatic carbocycles. The van der Waals surface area contributed by atoms with Gasteiger partial charge in [-0.1, -0.05) is 0 Å². The Labute approximate surface area is 83.8 Å². The summed E-state index contributed by atoms with van der Waals surface area (Å²) in [5.41, 5.74) is 3.07. The lowest BCUT2D eigenvalue weighted by molar-refractivity contribution is -0.169. The minimum atomic E-state index is -1.85. The van der Waals surface area contributed by atoms with E-state index in [9.17, 15) is 9.18 Å². The predicted octanol–water partition coefficient (Wildman–Crippen LogP) is 1.55. The number of halogens is 1. The van der Waals surface area contributed by atoms with Gasteiger partial charge in [0.2, 0.25) is 5.67 Å². The van der Waals surface area contributed by atoms with Crippen molar-refractivity contribution in [1.29, 1.82) is 0 Å². The molecule has 0 saturated heterocycles. The highest BCUT2D eigenvalue weighted by Crippen LogP contribution is 2.34. The molecular formula is C10H18FNO2. The highest BCUT2D eigenvalue weighted by molar-refractivity contribution is 5.80. The molecule has 14 heavy (non-hydrogen) atoms. The van der Waals surface area contributed by atoms with Crippen molar-refractivity contribution in [1.82, 2.24) is 0 Å². The fraction of sp³-hybridized carbons (Fsp3) is 0.900. The molecule has 1 aliphatic rings. The van der Waals surface area contributed by atoms with Gasteiger partial charge in [-0.05, 0) is 33.6 Å². The summed E-state index contributed by atoms with van der Waals surface area (Å²) < 4.78 is 18.9. The van der Waals surface area contributed by atoms with Gasteiger partial charge in [-0.25, -0.2) is 9.18 Å². The van der Waals surface area contributed by atoms with Crippen LogP contribution in [0, 0.1) is 0 Å². The largest absolute Gasteiger partial charge is 0.458 e. The Morgan fingerprint density at radius 3 is 2.50 bits per heavy atom. The van der Waals surface area contributed by atoms with Gasteiger partial charge in [0.1, 0.15) is 5.60 Å². The van der Waals surface area contributed by atoms with Gasteiger partial charge in [-0.2, -0.15) is 0 Å². The fourth-order valence-electron chi connectivity index (χ4n) is 1.59. The molecule has 3 nitrogen and oxygen atoms in total. The van der Waals surface area contributed by atoms with Crippen LogP contribution in [0.1, 0.15) is 40.0 Å². The minimum absolute atomic E-state index is 0.0852. The van der Waals surface area contributed by atoms with Crippen molar-refractivity contribution >= 4 is 5.97 Å². The van der Waals surface area contributed by atoms with E-state index in [2.05, 4.69) is 0 Å². The molecule has 0 aliphatic heterocycles. The first-order valence-corrected chi connectivity index (χ1v) is 4.91. The van der Waals surface area contributed by atoms with E-state index in [4.69, 9.17) is 10.5 Å². The van der Waals surface area contributed by atoms with Crippen LogP contribution in [0.4, 0.5) is 4.39 Å². The van der Waals surface area contributed by atoms with Gasteiger partial charge in [-0.3, -0.25) is 0 Å². The van der Waals surface area contributed by atoms with E-state index in [1.165, 1.54) is 0 Å². The molecule has 2 unspecified atom stereocenters. The highest BCUT2D eigenvalue weighted by atomic mass is 19.1. The van der Waals surface area contributed by atoms with Crippen LogP contribution in [0.15, 0.2) is 0 Å². The second-order valence-corrected chi connectivity index (χ2v) is 4.97. The smallest absolute Gasteiger partial charge is 0.344 e. The maximum Gasteiger partial charge on any atom is 0.344 e. The van der Waals surface area contributed by atoms with Gasteiger partial charge >= 0.3 is 5.97 Å². The molecule has 0 bridgehead atoms. The SMILES string of the molecule is CC(C)(C)OC(=O)C1(F)CCC(N)C1. The van der Waals surface area contributed by atoms with Crippen molar-refractivity contribution in [2.75, 3.05) is 0 Å². The van der Waals surface area contributed by atoms with Crippen molar-refractivity contribution in [3.63, 3.8) is 0 Å². The quantitative estimate of drug-likeness (QED) is 0.658. The molecule has 0 aromatic heterocycles. The molecule has 0 radical (unpaired) electrons. The van der Waals surface area contributed by atoms with Gasteiger partial charge in [-0.15, -0.1) is 0 Å². The topological polar surface area (TPSA) is 52.3 Å². The van der Waals surface area contributed by atoms with Crippen LogP contribution in [0.2, 0.25) is 0 Å². The number of carbonyl (C=O) groups excluding carboxylic acids is 1. The summed E-state index contributed by atoms with van der Waals surface area (Å²) in [6.07, 6.45) is 0.820. The maximum absolute atomic E-state index is 13.9. The van der Waals surface area contributed by atoms with E-state index < -0.39 is 17.2 Å². The summed E-state index contributed by atoms with van der Waals surface area (Å²) in [6, 6.07) is -0.215. The second kappa shape index (κ2) is 3.50. The fourth-order valence-corrected chi connectivity index (χ4v) is 1.59. The first-order valence-electron chi connectivity index (χ1n) is 4.91. The van der Waals surface area contributed by atoms with Crippen molar-refractivity contribution in [2.45, 2.75) is 57.3 Å². The average Bonchev–Trinajstić information content (AvgIpc) is 2.29. The third-order valence-corrected chi connectivity index (χ3v) is 2.26. The Kier molecular flexibility index (Phi) is 2.86. The molecule has 1 fully saturated rings. The van der Waals surface area contributed by atoms with Crippen LogP contribution in [-0.2, 0) is 9.53 Å². The van der Waals surface area contributed by atoms with Crippen molar-refractivity contribution in [3.8, 4) is 0 Å². The van der Waals surface area contributed by atoms with Crippen molar-refractivity contribution < 1.29 is 13.9 Å². The summed E-state index contributed by atoms with van der Waals surface area (Å²) >= 11 is 0. The zero-order chi connectivity index (χ0) is 11.0. The van der Waals surface area contributed by atoms with E-state index in [-0.39, 0.29) is 18.9 Å². The molecule has 0 aromatic rings. The lowest BCUT2D eigenvalue weighted by Gasteiger charge is -2.25. The van der Waals surface area contributed by atoms with Crippen LogP contribution in [0.5, 0.6) is 0 Å². The molecule has 2 atom stereocenters. The summed E-state index contributed by atoms with van der Waals surface area (Å²) in [4.78, 5) is 11.5. The number of carbonyl (C=O) groups is 1. The average molecular weight is 203 g/mol. The second-order valence-electron chi connectivity index (χ2n) is 4.97. The monoisotopic (exact) mass is 203 g/mol. The number of ether oxygens (including phenoxy) is 1. The number of nitrogens with two attached hydrogens (primary N) is 1. The predicted molar refractivity (Wildman–Crippen MR) is 51.5 cm³/mol. The Bertz CT molecular complexity index is 237. The number of rotatable bonds is 1. The van der Waals surface area contributed by atoms with E-state index in [1.807, 2.05) is 0 Å². The van der Waals surface area contributed by atoms with E-state index in [0.717, 1.165) is 0 Å². The van der Waals surface area contributed by atoms with Crippen molar-refractivity contribution in [3.05, 3.63) is 0 Å². The van der Waals surface area contributed by atoms with Crippen LogP contribution >= 0.6 is 0 Å². The van der Waals surface area contributed by atoms with Crippen LogP contribution < -0.4 is 5.73 Å². The van der Waals surface area contributed by atoms with Gasteiger partial charge < -0.3 is 10.5 Å². The Morgan fingerprint density at radius 2 is 2.14 bits per heavy atom. The first-order chi connectivity index (χ1) is 6.23. The maximum atomic E-state index is 13.9. The molecule has 0 spiro atoms. The van der Waals surface area contributed by atoms with Gasteiger partial charge in [0.15, 0.2) is 0 Å². The normalized spacial score (nSPS) is 33.1. The first kappa shape index (κ1) is 11.4. The van der Waals surface area contributed by atoms with E-state index >= 15 is 0 Å². The summed E-state index contributed by atoms with van der Waals surface area (Å²) in [7, 11) is 0. The Hall–Kier alpha value is -0.640. The lowest BCUT2D eigenvalue weighted by Crippen LogP contribution is -2.39. The molecule has 0 aromatic carbocycles. The molecule has 4 heteroatoms. The zero-order valence-electron chi connectivity index (χ0n) is 8.97. The third kappa shape index (κ3) is 2.67. The van der Waals surface area contributed by atoms with Crippen LogP contribution in [-0.4, -0.2) is 23.3 Å². The molecule has 1 rings (SSSR count). The zero-order valence-corrected chi connectivity index (χ0v) is 8.97. The summed E-state index contributed by atoms with van der Waals surface area (Å²) in [5.74, 6) is -0.766. The van der Waals surface area contributed by atoms with Gasteiger partial charge in [0.25, 0.3) is 0 Å². The van der Waals surface area contributed by atoms with Gasteiger partial charge in [0.05, 0.1) is 0 Å². The molecule has 1 saturated carbocycles. The Morgan fingerprint density at radius 1 is 1.57 bits per heavy atom. The molecule has 2 N–H and O–H groups in total. The number of hydrogen-bond donors (Lipinski definition) is 1. The summed E-state index contributed by atoms with van der Waals surface area (Å²) in [5, 5.41) is 0. The van der Waals surface area contributed by atoms with Crippen molar-refractivity contribution in [2.24, 2.45) is 5.73 Å². The number of esters is 1. The summed E-state index contributed by atoms with van der Waals surface area (Å²) in [6.45, 7) is 5.18. The van der Waals surface area contributed by atoms with Gasteiger partial charge in [0, 0.05) is 12.5 Å². The molecule has 0 amide bonds. The molecule has 82 valence electrons. The third-order valence-electron chi connectivity index (χ3n) is 2.26. The minimum Gasteiger partial charge on any atom is -0.458 e. The number of hydrogen-bond acceptors (Lipinski definition) is 3. The van der Waals surface area contributed by atoms with E-state index in [1.54, 1.807) is 20.8 Å². The molecular weight excluding hydrogens is 185 g/mol. The number of alkyl halides is 1. The Balaban J connectivity index is 2.61.